The zero-order chi connectivity index (χ0) is 20.9. The molecule has 4 rings (SSSR count). The highest BCUT2D eigenvalue weighted by Crippen LogP contribution is 2.26. The number of hydrogen-bond donors (Lipinski definition) is 0. The van der Waals surface area contributed by atoms with Crippen LogP contribution in [-0.4, -0.2) is 24.9 Å². The Balaban J connectivity index is 1.56. The first kappa shape index (κ1) is 20.1. The summed E-state index contributed by atoms with van der Waals surface area (Å²) in [6.07, 6.45) is 0. The molecule has 0 unspecified atom stereocenters. The van der Waals surface area contributed by atoms with Gasteiger partial charge < -0.3 is 9.26 Å². The fourth-order valence-corrected chi connectivity index (χ4v) is 3.52. The van der Waals surface area contributed by atoms with Crippen molar-refractivity contribution in [1.29, 1.82) is 0 Å². The van der Waals surface area contributed by atoms with E-state index in [0.29, 0.717) is 28.4 Å². The van der Waals surface area contributed by atoms with Gasteiger partial charge in [0.05, 0.1) is 5.75 Å². The van der Waals surface area contributed by atoms with Gasteiger partial charge in [0.2, 0.25) is 5.89 Å². The molecule has 0 spiro atoms. The van der Waals surface area contributed by atoms with E-state index in [1.807, 2.05) is 48.7 Å². The molecule has 2 heterocycles. The molecular weight excluding hydrogens is 405 g/mol. The van der Waals surface area contributed by atoms with Crippen molar-refractivity contribution in [2.75, 3.05) is 0 Å². The lowest BCUT2D eigenvalue weighted by Gasteiger charge is -2.11. The quantitative estimate of drug-likeness (QED) is 0.376. The fourth-order valence-electron chi connectivity index (χ4n) is 2.72. The van der Waals surface area contributed by atoms with Crippen LogP contribution in [0.5, 0.6) is 5.75 Å². The number of nitrogens with zero attached hydrogens (tertiary/aromatic N) is 5. The first-order chi connectivity index (χ1) is 14.6. The van der Waals surface area contributed by atoms with Crippen molar-refractivity contribution in [3.05, 3.63) is 78.0 Å². The predicted molar refractivity (Wildman–Crippen MR) is 110 cm³/mol. The third kappa shape index (κ3) is 4.51. The van der Waals surface area contributed by atoms with E-state index in [9.17, 15) is 4.39 Å². The summed E-state index contributed by atoms with van der Waals surface area (Å²) >= 11 is 1.43. The van der Waals surface area contributed by atoms with Crippen LogP contribution in [0.15, 0.2) is 64.3 Å². The van der Waals surface area contributed by atoms with Crippen molar-refractivity contribution in [2.45, 2.75) is 37.3 Å². The Bertz CT molecular complexity index is 1110. The summed E-state index contributed by atoms with van der Waals surface area (Å²) in [5.41, 5.74) is 0.880. The van der Waals surface area contributed by atoms with Crippen molar-refractivity contribution >= 4 is 11.8 Å². The largest absolute Gasteiger partial charge is 0.483 e. The summed E-state index contributed by atoms with van der Waals surface area (Å²) in [5.74, 6) is 2.16. The summed E-state index contributed by atoms with van der Waals surface area (Å²) in [5, 5.41) is 13.2. The standard InChI is InChI=1S/C21H20FN5O2S/c1-14(2)20-23-19(29-26-20)13-30-21-25-24-18(27(21)15-8-4-3-5-9-15)12-28-17-11-7-6-10-16(17)22/h3-11,14H,12-13H2,1-2H3. The molecule has 30 heavy (non-hydrogen) atoms. The molecule has 0 aliphatic carbocycles. The maximum absolute atomic E-state index is 13.9. The van der Waals surface area contributed by atoms with Gasteiger partial charge in [0.25, 0.3) is 0 Å². The second-order valence-corrected chi connectivity index (χ2v) is 7.72. The van der Waals surface area contributed by atoms with Gasteiger partial charge in [0.1, 0.15) is 6.61 Å². The van der Waals surface area contributed by atoms with Gasteiger partial charge in [-0.2, -0.15) is 4.98 Å². The van der Waals surface area contributed by atoms with Crippen LogP contribution in [0.1, 0.15) is 37.3 Å². The average molecular weight is 425 g/mol. The minimum absolute atomic E-state index is 0.0709. The number of rotatable bonds is 8. The number of hydrogen-bond acceptors (Lipinski definition) is 7. The molecular formula is C21H20FN5O2S. The maximum Gasteiger partial charge on any atom is 0.237 e. The second kappa shape index (κ2) is 9.08. The molecule has 0 aliphatic rings. The topological polar surface area (TPSA) is 78.9 Å². The molecule has 4 aromatic rings. The Labute approximate surface area is 177 Å². The monoisotopic (exact) mass is 425 g/mol. The average Bonchev–Trinajstić information content (AvgIpc) is 3.39. The van der Waals surface area contributed by atoms with E-state index in [1.165, 1.54) is 17.8 Å². The van der Waals surface area contributed by atoms with Crippen LogP contribution >= 0.6 is 11.8 Å². The number of para-hydroxylation sites is 2. The van der Waals surface area contributed by atoms with Gasteiger partial charge >= 0.3 is 0 Å². The lowest BCUT2D eigenvalue weighted by Crippen LogP contribution is -2.07. The van der Waals surface area contributed by atoms with E-state index in [4.69, 9.17) is 9.26 Å². The van der Waals surface area contributed by atoms with Crippen LogP contribution in [0.4, 0.5) is 4.39 Å². The van der Waals surface area contributed by atoms with Gasteiger partial charge in [-0.05, 0) is 24.3 Å². The summed E-state index contributed by atoms with van der Waals surface area (Å²) in [6, 6.07) is 16.0. The van der Waals surface area contributed by atoms with Crippen LogP contribution in [0.25, 0.3) is 5.69 Å². The van der Waals surface area contributed by atoms with E-state index < -0.39 is 5.82 Å². The number of thioether (sulfide) groups is 1. The van der Waals surface area contributed by atoms with Gasteiger partial charge in [0.15, 0.2) is 28.4 Å². The van der Waals surface area contributed by atoms with Crippen LogP contribution in [-0.2, 0) is 12.4 Å². The Morgan fingerprint density at radius 2 is 1.83 bits per heavy atom. The molecule has 0 saturated carbocycles. The van der Waals surface area contributed by atoms with Crippen LogP contribution in [0.3, 0.4) is 0 Å². The molecule has 0 bridgehead atoms. The number of ether oxygens (including phenoxy) is 1. The summed E-state index contributed by atoms with van der Waals surface area (Å²) < 4.78 is 26.7. The Hall–Kier alpha value is -3.20. The van der Waals surface area contributed by atoms with Crippen molar-refractivity contribution in [1.82, 2.24) is 24.9 Å². The number of halogens is 1. The SMILES string of the molecule is CC(C)c1noc(CSc2nnc(COc3ccccc3F)n2-c2ccccc2)n1. The van der Waals surface area contributed by atoms with Gasteiger partial charge in [0, 0.05) is 11.6 Å². The third-order valence-corrected chi connectivity index (χ3v) is 5.15. The highest BCUT2D eigenvalue weighted by atomic mass is 32.2. The molecule has 0 N–H and O–H groups in total. The van der Waals surface area contributed by atoms with Crippen LogP contribution in [0.2, 0.25) is 0 Å². The summed E-state index contributed by atoms with van der Waals surface area (Å²) in [7, 11) is 0. The van der Waals surface area contributed by atoms with Crippen molar-refractivity contribution in [2.24, 2.45) is 0 Å². The predicted octanol–water partition coefficient (Wildman–Crippen LogP) is 4.78. The first-order valence-corrected chi connectivity index (χ1v) is 10.4. The fraction of sp³-hybridized carbons (Fsp3) is 0.238. The molecule has 0 amide bonds. The first-order valence-electron chi connectivity index (χ1n) is 9.44. The molecule has 0 atom stereocenters. The van der Waals surface area contributed by atoms with Gasteiger partial charge in [-0.1, -0.05) is 61.1 Å². The maximum atomic E-state index is 13.9. The van der Waals surface area contributed by atoms with Crippen LogP contribution < -0.4 is 4.74 Å². The molecule has 0 radical (unpaired) electrons. The third-order valence-electron chi connectivity index (χ3n) is 4.23. The lowest BCUT2D eigenvalue weighted by molar-refractivity contribution is 0.278. The lowest BCUT2D eigenvalue weighted by atomic mass is 10.2. The molecule has 0 fully saturated rings. The Morgan fingerprint density at radius 3 is 2.57 bits per heavy atom. The highest BCUT2D eigenvalue weighted by Gasteiger charge is 2.17. The normalized spacial score (nSPS) is 11.2. The zero-order valence-corrected chi connectivity index (χ0v) is 17.3. The molecule has 2 aromatic carbocycles. The molecule has 0 saturated heterocycles. The zero-order valence-electron chi connectivity index (χ0n) is 16.5. The molecule has 0 aliphatic heterocycles. The van der Waals surface area contributed by atoms with Crippen LogP contribution in [0, 0.1) is 5.82 Å². The van der Waals surface area contributed by atoms with E-state index in [0.717, 1.165) is 5.69 Å². The van der Waals surface area contributed by atoms with Crippen molar-refractivity contribution in [3.8, 4) is 11.4 Å². The van der Waals surface area contributed by atoms with Gasteiger partial charge in [-0.15, -0.1) is 10.2 Å². The molecule has 2 aromatic heterocycles. The molecule has 7 nitrogen and oxygen atoms in total. The number of aromatic nitrogens is 5. The minimum atomic E-state index is -0.421. The Kier molecular flexibility index (Phi) is 6.08. The van der Waals surface area contributed by atoms with Gasteiger partial charge in [-0.25, -0.2) is 4.39 Å². The smallest absolute Gasteiger partial charge is 0.237 e. The molecule has 9 heteroatoms. The van der Waals surface area contributed by atoms with Gasteiger partial charge in [-0.3, -0.25) is 4.57 Å². The highest BCUT2D eigenvalue weighted by molar-refractivity contribution is 7.98. The summed E-state index contributed by atoms with van der Waals surface area (Å²) in [6.45, 7) is 4.09. The van der Waals surface area contributed by atoms with E-state index in [1.54, 1.807) is 18.2 Å². The van der Waals surface area contributed by atoms with E-state index in [2.05, 4.69) is 20.3 Å². The number of benzene rings is 2. The Morgan fingerprint density at radius 1 is 1.07 bits per heavy atom. The van der Waals surface area contributed by atoms with Crippen molar-refractivity contribution < 1.29 is 13.7 Å². The molecule has 154 valence electrons. The van der Waals surface area contributed by atoms with E-state index >= 15 is 0 Å². The second-order valence-electron chi connectivity index (χ2n) is 6.78. The van der Waals surface area contributed by atoms with E-state index in [-0.39, 0.29) is 18.3 Å². The minimum Gasteiger partial charge on any atom is -0.483 e. The van der Waals surface area contributed by atoms with Crippen molar-refractivity contribution in [3.63, 3.8) is 0 Å². The summed E-state index contributed by atoms with van der Waals surface area (Å²) in [4.78, 5) is 4.40.